The van der Waals surface area contributed by atoms with Gasteiger partial charge in [-0.2, -0.15) is 0 Å². The van der Waals surface area contributed by atoms with Crippen LogP contribution in [0.2, 0.25) is 0 Å². The number of carbonyl (C=O) groups is 1. The minimum Gasteiger partial charge on any atom is -0.355 e. The summed E-state index contributed by atoms with van der Waals surface area (Å²) in [5.41, 5.74) is 3.87. The van der Waals surface area contributed by atoms with Crippen molar-refractivity contribution in [1.82, 2.24) is 15.2 Å². The molecule has 0 saturated heterocycles. The first-order valence-corrected chi connectivity index (χ1v) is 9.09. The number of hydrogen-bond acceptors (Lipinski definition) is 4. The SMILES string of the molecule is Cc1[nH]c(=S)sc1CC(=O)NCCN1CCc2ccccc2C1. The molecule has 0 fully saturated rings. The highest BCUT2D eigenvalue weighted by molar-refractivity contribution is 7.73. The molecule has 1 aromatic carbocycles. The second kappa shape index (κ2) is 7.38. The van der Waals surface area contributed by atoms with Gasteiger partial charge in [0.1, 0.15) is 0 Å². The molecule has 1 aliphatic heterocycles. The minimum atomic E-state index is 0.0655. The van der Waals surface area contributed by atoms with E-state index in [2.05, 4.69) is 39.5 Å². The third kappa shape index (κ3) is 4.28. The van der Waals surface area contributed by atoms with Crippen molar-refractivity contribution in [3.05, 3.63) is 49.9 Å². The summed E-state index contributed by atoms with van der Waals surface area (Å²) in [6.45, 7) is 5.58. The Morgan fingerprint density at radius 1 is 1.39 bits per heavy atom. The number of thiazole rings is 1. The second-order valence-corrected chi connectivity index (χ2v) is 7.66. The molecule has 4 nitrogen and oxygen atoms in total. The quantitative estimate of drug-likeness (QED) is 0.818. The van der Waals surface area contributed by atoms with Crippen LogP contribution in [0.3, 0.4) is 0 Å². The summed E-state index contributed by atoms with van der Waals surface area (Å²) in [6, 6.07) is 8.61. The molecule has 2 N–H and O–H groups in total. The summed E-state index contributed by atoms with van der Waals surface area (Å²) < 4.78 is 0.734. The van der Waals surface area contributed by atoms with Crippen molar-refractivity contribution >= 4 is 29.5 Å². The minimum absolute atomic E-state index is 0.0655. The van der Waals surface area contributed by atoms with E-state index >= 15 is 0 Å². The van der Waals surface area contributed by atoms with E-state index in [9.17, 15) is 4.79 Å². The van der Waals surface area contributed by atoms with Gasteiger partial charge in [-0.15, -0.1) is 11.3 Å². The van der Waals surface area contributed by atoms with Gasteiger partial charge in [0.25, 0.3) is 0 Å². The zero-order valence-corrected chi connectivity index (χ0v) is 14.9. The van der Waals surface area contributed by atoms with Gasteiger partial charge in [0.05, 0.1) is 6.42 Å². The van der Waals surface area contributed by atoms with E-state index in [1.807, 2.05) is 6.92 Å². The average molecular weight is 348 g/mol. The Morgan fingerprint density at radius 2 is 2.17 bits per heavy atom. The van der Waals surface area contributed by atoms with Crippen LogP contribution in [-0.2, 0) is 24.2 Å². The first-order chi connectivity index (χ1) is 11.1. The Bertz CT molecular complexity index is 750. The van der Waals surface area contributed by atoms with E-state index in [1.54, 1.807) is 0 Å². The molecule has 3 rings (SSSR count). The third-order valence-electron chi connectivity index (χ3n) is 4.20. The first kappa shape index (κ1) is 16.4. The van der Waals surface area contributed by atoms with Crippen LogP contribution in [0.15, 0.2) is 24.3 Å². The van der Waals surface area contributed by atoms with Crippen molar-refractivity contribution < 1.29 is 4.79 Å². The molecule has 1 aliphatic rings. The van der Waals surface area contributed by atoms with Crippen LogP contribution >= 0.6 is 23.6 Å². The summed E-state index contributed by atoms with van der Waals surface area (Å²) in [5.74, 6) is 0.0655. The number of nitrogens with one attached hydrogen (secondary N) is 2. The molecule has 6 heteroatoms. The third-order valence-corrected chi connectivity index (χ3v) is 5.54. The van der Waals surface area contributed by atoms with Crippen LogP contribution in [0.25, 0.3) is 0 Å². The number of nitrogens with zero attached hydrogens (tertiary/aromatic N) is 1. The molecule has 0 radical (unpaired) electrons. The molecule has 1 amide bonds. The van der Waals surface area contributed by atoms with E-state index in [-0.39, 0.29) is 5.91 Å². The smallest absolute Gasteiger partial charge is 0.225 e. The molecule has 122 valence electrons. The van der Waals surface area contributed by atoms with Crippen LogP contribution in [0, 0.1) is 10.9 Å². The molecule has 0 aliphatic carbocycles. The normalized spacial score (nSPS) is 14.5. The van der Waals surface area contributed by atoms with E-state index in [1.165, 1.54) is 22.5 Å². The van der Waals surface area contributed by atoms with E-state index < -0.39 is 0 Å². The molecule has 0 atom stereocenters. The average Bonchev–Trinajstić information content (AvgIpc) is 2.84. The number of amides is 1. The van der Waals surface area contributed by atoms with Gasteiger partial charge in [-0.05, 0) is 36.7 Å². The van der Waals surface area contributed by atoms with Gasteiger partial charge < -0.3 is 10.3 Å². The predicted octanol–water partition coefficient (Wildman–Crippen LogP) is 2.83. The largest absolute Gasteiger partial charge is 0.355 e. The fraction of sp³-hybridized carbons (Fsp3) is 0.412. The van der Waals surface area contributed by atoms with E-state index in [0.717, 1.165) is 40.6 Å². The lowest BCUT2D eigenvalue weighted by molar-refractivity contribution is -0.120. The number of hydrogen-bond donors (Lipinski definition) is 2. The summed E-state index contributed by atoms with van der Waals surface area (Å²) >= 11 is 6.59. The van der Waals surface area contributed by atoms with Gasteiger partial charge in [-0.3, -0.25) is 9.69 Å². The highest BCUT2D eigenvalue weighted by Gasteiger charge is 2.15. The molecule has 0 saturated carbocycles. The topological polar surface area (TPSA) is 48.1 Å². The van der Waals surface area contributed by atoms with Crippen LogP contribution in [0.1, 0.15) is 21.7 Å². The summed E-state index contributed by atoms with van der Waals surface area (Å²) in [4.78, 5) is 18.5. The maximum absolute atomic E-state index is 12.0. The van der Waals surface area contributed by atoms with Crippen molar-refractivity contribution in [3.8, 4) is 0 Å². The Morgan fingerprint density at radius 3 is 2.91 bits per heavy atom. The highest BCUT2D eigenvalue weighted by atomic mass is 32.1. The molecule has 0 unspecified atom stereocenters. The molecule has 2 aromatic rings. The summed E-state index contributed by atoms with van der Waals surface area (Å²) in [7, 11) is 0. The van der Waals surface area contributed by atoms with Crippen LogP contribution in [0.5, 0.6) is 0 Å². The number of carbonyl (C=O) groups excluding carboxylic acids is 1. The molecule has 23 heavy (non-hydrogen) atoms. The fourth-order valence-electron chi connectivity index (χ4n) is 2.91. The Balaban J connectivity index is 1.44. The zero-order valence-electron chi connectivity index (χ0n) is 13.2. The van der Waals surface area contributed by atoms with Gasteiger partial charge in [0.15, 0.2) is 3.95 Å². The maximum Gasteiger partial charge on any atom is 0.225 e. The van der Waals surface area contributed by atoms with Gasteiger partial charge in [-0.25, -0.2) is 0 Å². The molecule has 0 spiro atoms. The van der Waals surface area contributed by atoms with Crippen LogP contribution in [0.4, 0.5) is 0 Å². The van der Waals surface area contributed by atoms with Crippen LogP contribution in [-0.4, -0.2) is 35.4 Å². The van der Waals surface area contributed by atoms with Crippen LogP contribution < -0.4 is 5.32 Å². The van der Waals surface area contributed by atoms with Crippen molar-refractivity contribution in [1.29, 1.82) is 0 Å². The summed E-state index contributed by atoms with van der Waals surface area (Å²) in [6.07, 6.45) is 1.50. The number of H-pyrrole nitrogens is 1. The lowest BCUT2D eigenvalue weighted by Gasteiger charge is -2.28. The molecule has 2 heterocycles. The van der Waals surface area contributed by atoms with Gasteiger partial charge in [0, 0.05) is 36.8 Å². The highest BCUT2D eigenvalue weighted by Crippen LogP contribution is 2.18. The van der Waals surface area contributed by atoms with Crippen molar-refractivity contribution in [3.63, 3.8) is 0 Å². The van der Waals surface area contributed by atoms with Gasteiger partial charge in [0.2, 0.25) is 5.91 Å². The van der Waals surface area contributed by atoms with Crippen molar-refractivity contribution in [2.75, 3.05) is 19.6 Å². The van der Waals surface area contributed by atoms with E-state index in [4.69, 9.17) is 12.2 Å². The number of rotatable bonds is 5. The number of aryl methyl sites for hydroxylation is 1. The summed E-state index contributed by atoms with van der Waals surface area (Å²) in [5, 5.41) is 3.02. The number of aromatic nitrogens is 1. The number of aromatic amines is 1. The zero-order chi connectivity index (χ0) is 16.2. The monoisotopic (exact) mass is 347 g/mol. The first-order valence-electron chi connectivity index (χ1n) is 7.86. The lowest BCUT2D eigenvalue weighted by atomic mass is 10.00. The second-order valence-electron chi connectivity index (χ2n) is 5.88. The van der Waals surface area contributed by atoms with Gasteiger partial charge >= 0.3 is 0 Å². The van der Waals surface area contributed by atoms with Gasteiger partial charge in [-0.1, -0.05) is 24.3 Å². The molecule has 1 aromatic heterocycles. The number of fused-ring (bicyclic) bond motifs is 1. The predicted molar refractivity (Wildman–Crippen MR) is 96.4 cm³/mol. The van der Waals surface area contributed by atoms with E-state index in [0.29, 0.717) is 13.0 Å². The standard InChI is InChI=1S/C17H21N3OS2/c1-12-15(23-17(22)19-12)10-16(21)18-7-9-20-8-6-13-4-2-3-5-14(13)11-20/h2-5H,6-11H2,1H3,(H,18,21)(H,19,22). The lowest BCUT2D eigenvalue weighted by Crippen LogP contribution is -2.38. The molecular formula is C17H21N3OS2. The Hall–Kier alpha value is -1.50. The Labute approximate surface area is 145 Å². The fourth-order valence-corrected chi connectivity index (χ4v) is 4.20. The van der Waals surface area contributed by atoms with Crippen molar-refractivity contribution in [2.45, 2.75) is 26.3 Å². The Kier molecular flexibility index (Phi) is 5.25. The maximum atomic E-state index is 12.0. The molecular weight excluding hydrogens is 326 g/mol. The molecule has 0 bridgehead atoms. The number of benzene rings is 1. The van der Waals surface area contributed by atoms with Crippen molar-refractivity contribution in [2.24, 2.45) is 0 Å².